The highest BCUT2D eigenvalue weighted by Gasteiger charge is 2.19. The Morgan fingerprint density at radius 3 is 2.87 bits per heavy atom. The smallest absolute Gasteiger partial charge is 0.253 e. The molecule has 0 aliphatic rings. The molecule has 3 rings (SSSR count). The maximum absolute atomic E-state index is 12.5. The van der Waals surface area contributed by atoms with E-state index in [0.29, 0.717) is 24.4 Å². The van der Waals surface area contributed by atoms with Crippen LogP contribution in [0.15, 0.2) is 43.0 Å². The van der Waals surface area contributed by atoms with Crippen molar-refractivity contribution in [2.75, 3.05) is 26.0 Å². The zero-order chi connectivity index (χ0) is 16.2. The summed E-state index contributed by atoms with van der Waals surface area (Å²) in [7, 11) is 1.59. The number of carbonyl (C=O) groups excluding carboxylic acids is 1. The van der Waals surface area contributed by atoms with E-state index in [1.54, 1.807) is 36.2 Å². The van der Waals surface area contributed by atoms with Crippen LogP contribution in [0.2, 0.25) is 0 Å². The third-order valence-electron chi connectivity index (χ3n) is 3.50. The molecule has 0 spiro atoms. The molecule has 0 bridgehead atoms. The van der Waals surface area contributed by atoms with Crippen LogP contribution < -0.4 is 11.1 Å². The van der Waals surface area contributed by atoms with Crippen LogP contribution in [0.4, 0.5) is 5.69 Å². The van der Waals surface area contributed by atoms with Crippen molar-refractivity contribution in [3.8, 4) is 11.1 Å². The van der Waals surface area contributed by atoms with E-state index in [4.69, 9.17) is 10.5 Å². The van der Waals surface area contributed by atoms with Gasteiger partial charge in [0.25, 0.3) is 5.91 Å². The third-order valence-corrected chi connectivity index (χ3v) is 3.50. The van der Waals surface area contributed by atoms with Crippen molar-refractivity contribution >= 4 is 17.1 Å². The van der Waals surface area contributed by atoms with Gasteiger partial charge in [-0.3, -0.25) is 4.79 Å². The van der Waals surface area contributed by atoms with E-state index in [2.05, 4.69) is 15.4 Å². The Bertz CT molecular complexity index is 826. The van der Waals surface area contributed by atoms with Crippen LogP contribution in [0.5, 0.6) is 0 Å². The molecule has 0 saturated carbocycles. The van der Waals surface area contributed by atoms with Crippen LogP contribution in [0, 0.1) is 0 Å². The van der Waals surface area contributed by atoms with Gasteiger partial charge in [0.2, 0.25) is 0 Å². The van der Waals surface area contributed by atoms with Crippen molar-refractivity contribution in [1.29, 1.82) is 0 Å². The highest BCUT2D eigenvalue weighted by molar-refractivity contribution is 6.05. The predicted molar refractivity (Wildman–Crippen MR) is 87.0 cm³/mol. The molecule has 0 saturated heterocycles. The molecule has 1 aromatic carbocycles. The number of hydrogen-bond acceptors (Lipinski definition) is 5. The van der Waals surface area contributed by atoms with Gasteiger partial charge in [0.15, 0.2) is 0 Å². The Labute approximate surface area is 133 Å². The number of nitrogens with two attached hydrogens (primary N) is 1. The largest absolute Gasteiger partial charge is 0.399 e. The van der Waals surface area contributed by atoms with Gasteiger partial charge in [-0.1, -0.05) is 12.1 Å². The molecule has 2 heterocycles. The second-order valence-electron chi connectivity index (χ2n) is 5.03. The summed E-state index contributed by atoms with van der Waals surface area (Å²) < 4.78 is 6.60. The molecule has 0 unspecified atom stereocenters. The van der Waals surface area contributed by atoms with E-state index in [1.807, 2.05) is 12.1 Å². The van der Waals surface area contributed by atoms with Crippen molar-refractivity contribution in [1.82, 2.24) is 19.9 Å². The zero-order valence-corrected chi connectivity index (χ0v) is 12.7. The Morgan fingerprint density at radius 1 is 1.35 bits per heavy atom. The van der Waals surface area contributed by atoms with E-state index >= 15 is 0 Å². The van der Waals surface area contributed by atoms with Gasteiger partial charge in [0, 0.05) is 31.1 Å². The van der Waals surface area contributed by atoms with Gasteiger partial charge in [-0.25, -0.2) is 9.50 Å². The third kappa shape index (κ3) is 3.00. The average Bonchev–Trinajstić information content (AvgIpc) is 2.95. The van der Waals surface area contributed by atoms with E-state index in [1.165, 1.54) is 6.33 Å². The van der Waals surface area contributed by atoms with E-state index in [9.17, 15) is 4.79 Å². The minimum atomic E-state index is -0.181. The van der Waals surface area contributed by atoms with Crippen LogP contribution in [0.3, 0.4) is 0 Å². The summed E-state index contributed by atoms with van der Waals surface area (Å²) in [6.45, 7) is 0.893. The summed E-state index contributed by atoms with van der Waals surface area (Å²) in [6.07, 6.45) is 4.82. The Balaban J connectivity index is 2.08. The van der Waals surface area contributed by atoms with Crippen molar-refractivity contribution in [3.05, 3.63) is 48.5 Å². The topological polar surface area (TPSA) is 94.5 Å². The molecular weight excluding hydrogens is 294 g/mol. The van der Waals surface area contributed by atoms with Crippen LogP contribution in [-0.2, 0) is 4.74 Å². The Kier molecular flexibility index (Phi) is 4.20. The van der Waals surface area contributed by atoms with Gasteiger partial charge >= 0.3 is 0 Å². The second kappa shape index (κ2) is 6.45. The summed E-state index contributed by atoms with van der Waals surface area (Å²) in [5.74, 6) is -0.181. The number of nitrogens with one attached hydrogen (secondary N) is 1. The summed E-state index contributed by atoms with van der Waals surface area (Å²) >= 11 is 0. The number of anilines is 1. The lowest BCUT2D eigenvalue weighted by Gasteiger charge is -2.07. The number of methoxy groups -OCH3 is 1. The molecule has 0 aliphatic carbocycles. The molecule has 0 radical (unpaired) electrons. The number of ether oxygens (including phenoxy) is 1. The first-order valence-corrected chi connectivity index (χ1v) is 7.15. The number of nitrogens with zero attached hydrogens (tertiary/aromatic N) is 3. The number of amides is 1. The lowest BCUT2D eigenvalue weighted by Crippen LogP contribution is -2.27. The van der Waals surface area contributed by atoms with Gasteiger partial charge in [-0.15, -0.1) is 0 Å². The molecule has 118 valence electrons. The highest BCUT2D eigenvalue weighted by Crippen LogP contribution is 2.30. The summed E-state index contributed by atoms with van der Waals surface area (Å²) in [5.41, 5.74) is 9.37. The zero-order valence-electron chi connectivity index (χ0n) is 12.7. The van der Waals surface area contributed by atoms with Crippen molar-refractivity contribution in [3.63, 3.8) is 0 Å². The minimum absolute atomic E-state index is 0.181. The summed E-state index contributed by atoms with van der Waals surface area (Å²) in [4.78, 5) is 16.6. The molecule has 0 fully saturated rings. The number of hydrogen-bond donors (Lipinski definition) is 2. The SMILES string of the molecule is COCCNC(=O)c1cn2ncncc2c1-c1ccc(N)cc1. The van der Waals surface area contributed by atoms with Crippen LogP contribution in [0.1, 0.15) is 10.4 Å². The molecule has 7 heteroatoms. The summed E-state index contributed by atoms with van der Waals surface area (Å²) in [5, 5.41) is 6.99. The fourth-order valence-electron chi connectivity index (χ4n) is 2.40. The highest BCUT2D eigenvalue weighted by atomic mass is 16.5. The monoisotopic (exact) mass is 311 g/mol. The van der Waals surface area contributed by atoms with Gasteiger partial charge < -0.3 is 15.8 Å². The van der Waals surface area contributed by atoms with Crippen LogP contribution in [-0.4, -0.2) is 40.8 Å². The molecule has 7 nitrogen and oxygen atoms in total. The number of aromatic nitrogens is 3. The standard InChI is InChI=1S/C16H17N5O2/c1-23-7-6-19-16(22)13-9-21-14(8-18-10-20-21)15(13)11-2-4-12(17)5-3-11/h2-5,8-10H,6-7,17H2,1H3,(H,19,22). The lowest BCUT2D eigenvalue weighted by atomic mass is 10.0. The number of carbonyl (C=O) groups is 1. The number of rotatable bonds is 5. The number of benzene rings is 1. The number of nitrogen functional groups attached to an aromatic ring is 1. The predicted octanol–water partition coefficient (Wildman–Crippen LogP) is 1.35. The Morgan fingerprint density at radius 2 is 2.13 bits per heavy atom. The van der Waals surface area contributed by atoms with Crippen LogP contribution >= 0.6 is 0 Å². The van der Waals surface area contributed by atoms with Crippen LogP contribution in [0.25, 0.3) is 16.6 Å². The van der Waals surface area contributed by atoms with Gasteiger partial charge in [-0.2, -0.15) is 5.10 Å². The van der Waals surface area contributed by atoms with Crippen molar-refractivity contribution in [2.45, 2.75) is 0 Å². The minimum Gasteiger partial charge on any atom is -0.399 e. The molecule has 0 aliphatic heterocycles. The first-order valence-electron chi connectivity index (χ1n) is 7.15. The second-order valence-corrected chi connectivity index (χ2v) is 5.03. The normalized spacial score (nSPS) is 10.8. The molecule has 23 heavy (non-hydrogen) atoms. The van der Waals surface area contributed by atoms with Gasteiger partial charge in [0.05, 0.1) is 23.9 Å². The van der Waals surface area contributed by atoms with E-state index < -0.39 is 0 Å². The Hall–Kier alpha value is -2.93. The van der Waals surface area contributed by atoms with Crippen molar-refractivity contribution < 1.29 is 9.53 Å². The van der Waals surface area contributed by atoms with E-state index in [-0.39, 0.29) is 5.91 Å². The molecule has 2 aromatic heterocycles. The quantitative estimate of drug-likeness (QED) is 0.548. The maximum Gasteiger partial charge on any atom is 0.253 e. The first-order chi connectivity index (χ1) is 11.2. The van der Waals surface area contributed by atoms with E-state index in [0.717, 1.165) is 16.6 Å². The van der Waals surface area contributed by atoms with Gasteiger partial charge in [0.1, 0.15) is 6.33 Å². The van der Waals surface area contributed by atoms with Gasteiger partial charge in [-0.05, 0) is 17.7 Å². The average molecular weight is 311 g/mol. The number of fused-ring (bicyclic) bond motifs is 1. The fraction of sp³-hybridized carbons (Fsp3) is 0.188. The lowest BCUT2D eigenvalue weighted by molar-refractivity contribution is 0.0938. The molecule has 3 aromatic rings. The molecular formula is C16H17N5O2. The van der Waals surface area contributed by atoms with Crippen molar-refractivity contribution in [2.24, 2.45) is 0 Å². The summed E-state index contributed by atoms with van der Waals surface area (Å²) in [6, 6.07) is 7.36. The molecule has 0 atom stereocenters. The maximum atomic E-state index is 12.5. The fourth-order valence-corrected chi connectivity index (χ4v) is 2.40. The first kappa shape index (κ1) is 15.0. The molecule has 3 N–H and O–H groups in total. The molecule has 1 amide bonds.